The van der Waals surface area contributed by atoms with Crippen molar-refractivity contribution in [2.45, 2.75) is 20.8 Å². The number of aryl methyl sites for hydroxylation is 3. The fourth-order valence-corrected chi connectivity index (χ4v) is 2.68. The Morgan fingerprint density at radius 1 is 0.640 bits per heavy atom. The monoisotopic (exact) mass is 354 g/mol. The Morgan fingerprint density at radius 3 is 1.84 bits per heavy atom. The van der Waals surface area contributed by atoms with Gasteiger partial charge in [0.1, 0.15) is 5.75 Å². The molecule has 3 aromatic rings. The predicted molar refractivity (Wildman–Crippen MR) is 100 cm³/mol. The second-order valence-corrected chi connectivity index (χ2v) is 6.47. The zero-order valence-corrected chi connectivity index (χ0v) is 15.1. The van der Waals surface area contributed by atoms with Crippen LogP contribution < -0.4 is 9.47 Å². The highest BCUT2D eigenvalue weighted by Gasteiger charge is 2.12. The summed E-state index contributed by atoms with van der Waals surface area (Å²) < 4.78 is 11.9. The van der Waals surface area contributed by atoms with Crippen LogP contribution in [-0.4, -0.2) is 5.11 Å². The highest BCUT2D eigenvalue weighted by atomic mass is 35.5. The first-order valence-electron chi connectivity index (χ1n) is 7.94. The van der Waals surface area contributed by atoms with Crippen molar-refractivity contribution in [3.05, 3.63) is 76.3 Å². The standard InChI is InChI=1S/C21H19ClO3/c1-13-5-8-18(16(22)10-13)24-21-12-15(3)6-9-19(21)25-20-11-14(2)4-7-17(20)23/h4-12,23H,1-3H3. The van der Waals surface area contributed by atoms with Crippen LogP contribution in [-0.2, 0) is 0 Å². The van der Waals surface area contributed by atoms with Gasteiger partial charge in [-0.05, 0) is 73.9 Å². The molecular weight excluding hydrogens is 336 g/mol. The van der Waals surface area contributed by atoms with Gasteiger partial charge in [0.05, 0.1) is 5.02 Å². The zero-order chi connectivity index (χ0) is 18.0. The number of phenols is 1. The maximum absolute atomic E-state index is 10.0. The summed E-state index contributed by atoms with van der Waals surface area (Å²) in [5, 5.41) is 10.6. The Balaban J connectivity index is 1.96. The van der Waals surface area contributed by atoms with E-state index in [9.17, 15) is 5.11 Å². The van der Waals surface area contributed by atoms with Gasteiger partial charge in [0.25, 0.3) is 0 Å². The molecule has 0 aliphatic carbocycles. The minimum Gasteiger partial charge on any atom is -0.504 e. The van der Waals surface area contributed by atoms with Crippen LogP contribution in [0.5, 0.6) is 28.7 Å². The van der Waals surface area contributed by atoms with Crippen molar-refractivity contribution in [3.63, 3.8) is 0 Å². The molecule has 128 valence electrons. The number of phenolic OH excluding ortho intramolecular Hbond substituents is 1. The van der Waals surface area contributed by atoms with E-state index in [1.807, 2.05) is 63.2 Å². The third-order valence-electron chi connectivity index (χ3n) is 3.74. The maximum Gasteiger partial charge on any atom is 0.170 e. The molecule has 0 radical (unpaired) electrons. The lowest BCUT2D eigenvalue weighted by molar-refractivity contribution is 0.389. The van der Waals surface area contributed by atoms with E-state index >= 15 is 0 Å². The molecule has 0 bridgehead atoms. The molecule has 0 aliphatic rings. The summed E-state index contributed by atoms with van der Waals surface area (Å²) in [5.41, 5.74) is 3.07. The lowest BCUT2D eigenvalue weighted by Gasteiger charge is -2.15. The number of hydrogen-bond donors (Lipinski definition) is 1. The summed E-state index contributed by atoms with van der Waals surface area (Å²) >= 11 is 6.27. The summed E-state index contributed by atoms with van der Waals surface area (Å²) in [7, 11) is 0. The van der Waals surface area contributed by atoms with Gasteiger partial charge in [0.2, 0.25) is 0 Å². The second kappa shape index (κ2) is 7.08. The minimum atomic E-state index is 0.0745. The number of halogens is 1. The highest BCUT2D eigenvalue weighted by Crippen LogP contribution is 2.40. The molecule has 0 aliphatic heterocycles. The van der Waals surface area contributed by atoms with Crippen LogP contribution in [0.1, 0.15) is 16.7 Å². The number of hydrogen-bond acceptors (Lipinski definition) is 3. The largest absolute Gasteiger partial charge is 0.504 e. The molecule has 3 rings (SSSR count). The molecule has 1 N–H and O–H groups in total. The maximum atomic E-state index is 10.0. The summed E-state index contributed by atoms with van der Waals surface area (Å²) in [6.45, 7) is 5.87. The van der Waals surface area contributed by atoms with Gasteiger partial charge in [-0.25, -0.2) is 0 Å². The normalized spacial score (nSPS) is 10.6. The van der Waals surface area contributed by atoms with Crippen molar-refractivity contribution in [3.8, 4) is 28.7 Å². The molecule has 0 atom stereocenters. The topological polar surface area (TPSA) is 38.7 Å². The molecule has 0 amide bonds. The molecule has 0 unspecified atom stereocenters. The third kappa shape index (κ3) is 4.06. The van der Waals surface area contributed by atoms with E-state index in [1.165, 1.54) is 0 Å². The van der Waals surface area contributed by atoms with Crippen molar-refractivity contribution < 1.29 is 14.6 Å². The van der Waals surface area contributed by atoms with E-state index in [4.69, 9.17) is 21.1 Å². The average Bonchev–Trinajstić information content (AvgIpc) is 2.56. The summed E-state index contributed by atoms with van der Waals surface area (Å²) in [6, 6.07) is 16.4. The summed E-state index contributed by atoms with van der Waals surface area (Å²) in [5.74, 6) is 2.04. The number of rotatable bonds is 4. The van der Waals surface area contributed by atoms with Crippen LogP contribution in [0, 0.1) is 20.8 Å². The number of benzene rings is 3. The molecule has 0 saturated heterocycles. The number of ether oxygens (including phenoxy) is 2. The Kier molecular flexibility index (Phi) is 4.86. The van der Waals surface area contributed by atoms with Crippen molar-refractivity contribution in [2.75, 3.05) is 0 Å². The van der Waals surface area contributed by atoms with Crippen LogP contribution in [0.15, 0.2) is 54.6 Å². The van der Waals surface area contributed by atoms with E-state index < -0.39 is 0 Å². The Labute approximate surface area is 152 Å². The molecular formula is C21H19ClO3. The minimum absolute atomic E-state index is 0.0745. The van der Waals surface area contributed by atoms with E-state index in [0.29, 0.717) is 28.0 Å². The molecule has 0 spiro atoms. The molecule has 0 aromatic heterocycles. The number of aromatic hydroxyl groups is 1. The second-order valence-electron chi connectivity index (χ2n) is 6.06. The Hall–Kier alpha value is -2.65. The molecule has 25 heavy (non-hydrogen) atoms. The molecule has 3 aromatic carbocycles. The van der Waals surface area contributed by atoms with Gasteiger partial charge >= 0.3 is 0 Å². The first-order chi connectivity index (χ1) is 11.9. The van der Waals surface area contributed by atoms with E-state index in [0.717, 1.165) is 16.7 Å². The molecule has 0 fully saturated rings. The lowest BCUT2D eigenvalue weighted by Crippen LogP contribution is -1.93. The van der Waals surface area contributed by atoms with E-state index in [-0.39, 0.29) is 5.75 Å². The van der Waals surface area contributed by atoms with E-state index in [1.54, 1.807) is 12.1 Å². The van der Waals surface area contributed by atoms with Crippen LogP contribution in [0.4, 0.5) is 0 Å². The quantitative estimate of drug-likeness (QED) is 0.577. The zero-order valence-electron chi connectivity index (χ0n) is 14.3. The molecule has 4 heteroatoms. The van der Waals surface area contributed by atoms with Crippen molar-refractivity contribution in [1.29, 1.82) is 0 Å². The van der Waals surface area contributed by atoms with Crippen molar-refractivity contribution in [2.24, 2.45) is 0 Å². The average molecular weight is 355 g/mol. The van der Waals surface area contributed by atoms with Gasteiger partial charge in [0, 0.05) is 0 Å². The third-order valence-corrected chi connectivity index (χ3v) is 4.04. The summed E-state index contributed by atoms with van der Waals surface area (Å²) in [6.07, 6.45) is 0. The Bertz CT molecular complexity index is 919. The molecule has 0 heterocycles. The van der Waals surface area contributed by atoms with Crippen LogP contribution in [0.2, 0.25) is 5.02 Å². The van der Waals surface area contributed by atoms with Crippen LogP contribution >= 0.6 is 11.6 Å². The first-order valence-corrected chi connectivity index (χ1v) is 8.32. The smallest absolute Gasteiger partial charge is 0.170 e. The first kappa shape index (κ1) is 17.2. The van der Waals surface area contributed by atoms with Crippen LogP contribution in [0.25, 0.3) is 0 Å². The SMILES string of the molecule is Cc1ccc(Oc2cc(C)ccc2Oc2cc(C)ccc2O)c(Cl)c1. The lowest BCUT2D eigenvalue weighted by atomic mass is 10.2. The van der Waals surface area contributed by atoms with Gasteiger partial charge in [0.15, 0.2) is 23.0 Å². The van der Waals surface area contributed by atoms with Gasteiger partial charge in [-0.15, -0.1) is 0 Å². The van der Waals surface area contributed by atoms with E-state index in [2.05, 4.69) is 0 Å². The molecule has 0 saturated carbocycles. The molecule has 3 nitrogen and oxygen atoms in total. The predicted octanol–water partition coefficient (Wildman–Crippen LogP) is 6.56. The van der Waals surface area contributed by atoms with Gasteiger partial charge in [-0.2, -0.15) is 0 Å². The van der Waals surface area contributed by atoms with Crippen molar-refractivity contribution in [1.82, 2.24) is 0 Å². The highest BCUT2D eigenvalue weighted by molar-refractivity contribution is 6.32. The summed E-state index contributed by atoms with van der Waals surface area (Å²) in [4.78, 5) is 0. The van der Waals surface area contributed by atoms with Gasteiger partial charge in [-0.3, -0.25) is 0 Å². The van der Waals surface area contributed by atoms with Gasteiger partial charge in [-0.1, -0.05) is 29.8 Å². The fraction of sp³-hybridized carbons (Fsp3) is 0.143. The fourth-order valence-electron chi connectivity index (χ4n) is 2.41. The van der Waals surface area contributed by atoms with Crippen molar-refractivity contribution >= 4 is 11.6 Å². The van der Waals surface area contributed by atoms with Gasteiger partial charge < -0.3 is 14.6 Å². The Morgan fingerprint density at radius 2 is 1.16 bits per heavy atom. The van der Waals surface area contributed by atoms with Crippen LogP contribution in [0.3, 0.4) is 0 Å².